The molecule has 0 saturated heterocycles. The number of benzene rings is 3. The molecule has 0 saturated carbocycles. The number of carbonyl (C=O) groups excluding carboxylic acids is 2. The fourth-order valence-corrected chi connectivity index (χ4v) is 3.23. The molecule has 0 bridgehead atoms. The van der Waals surface area contributed by atoms with Crippen molar-refractivity contribution in [2.45, 2.75) is 0 Å². The Balaban J connectivity index is 1.46. The van der Waals surface area contributed by atoms with Gasteiger partial charge in [0.1, 0.15) is 5.75 Å². The van der Waals surface area contributed by atoms with E-state index in [0.717, 1.165) is 0 Å². The Bertz CT molecular complexity index is 1280. The lowest BCUT2D eigenvalue weighted by molar-refractivity contribution is -0.384. The van der Waals surface area contributed by atoms with Crippen LogP contribution in [0, 0.1) is 10.1 Å². The molecule has 0 fully saturated rings. The SMILES string of the molecule is O=C(NN=Cc1cc(Br)ccc1OC(=O)c1ccc([N+](=O)[O-])cc1)c1ccc2c(c1)OCO2. The lowest BCUT2D eigenvalue weighted by Gasteiger charge is -2.08. The van der Waals surface area contributed by atoms with E-state index in [1.165, 1.54) is 30.5 Å². The summed E-state index contributed by atoms with van der Waals surface area (Å²) in [7, 11) is 0. The van der Waals surface area contributed by atoms with Crippen LogP contribution in [-0.2, 0) is 0 Å². The van der Waals surface area contributed by atoms with Crippen molar-refractivity contribution in [1.29, 1.82) is 0 Å². The number of nitrogens with one attached hydrogen (secondary N) is 1. The number of nitro groups is 1. The van der Waals surface area contributed by atoms with Crippen LogP contribution in [0.5, 0.6) is 17.2 Å². The third-order valence-electron chi connectivity index (χ3n) is 4.49. The molecule has 3 aromatic carbocycles. The van der Waals surface area contributed by atoms with Crippen molar-refractivity contribution in [1.82, 2.24) is 5.43 Å². The van der Waals surface area contributed by atoms with Gasteiger partial charge in [-0.3, -0.25) is 14.9 Å². The highest BCUT2D eigenvalue weighted by molar-refractivity contribution is 9.10. The summed E-state index contributed by atoms with van der Waals surface area (Å²) in [4.78, 5) is 35.0. The molecule has 0 radical (unpaired) electrons. The summed E-state index contributed by atoms with van der Waals surface area (Å²) in [5.41, 5.74) is 3.14. The minimum absolute atomic E-state index is 0.100. The van der Waals surface area contributed by atoms with Gasteiger partial charge in [-0.1, -0.05) is 15.9 Å². The van der Waals surface area contributed by atoms with Crippen LogP contribution in [0.1, 0.15) is 26.3 Å². The predicted molar refractivity (Wildman–Crippen MR) is 120 cm³/mol. The minimum Gasteiger partial charge on any atom is -0.454 e. The van der Waals surface area contributed by atoms with Gasteiger partial charge < -0.3 is 14.2 Å². The first-order chi connectivity index (χ1) is 15.9. The van der Waals surface area contributed by atoms with Gasteiger partial charge in [0.15, 0.2) is 11.5 Å². The van der Waals surface area contributed by atoms with Gasteiger partial charge in [-0.2, -0.15) is 5.10 Å². The predicted octanol–water partition coefficient (Wildman–Crippen LogP) is 4.07. The molecule has 0 aromatic heterocycles. The average molecular weight is 512 g/mol. The smallest absolute Gasteiger partial charge is 0.343 e. The number of ether oxygens (including phenoxy) is 3. The van der Waals surface area contributed by atoms with Crippen molar-refractivity contribution in [2.75, 3.05) is 6.79 Å². The van der Waals surface area contributed by atoms with Crippen molar-refractivity contribution in [3.63, 3.8) is 0 Å². The van der Waals surface area contributed by atoms with Crippen molar-refractivity contribution in [2.24, 2.45) is 5.10 Å². The molecule has 3 aromatic rings. The summed E-state index contributed by atoms with van der Waals surface area (Å²) in [5, 5.41) is 14.7. The molecule has 166 valence electrons. The zero-order chi connectivity index (χ0) is 23.4. The number of esters is 1. The average Bonchev–Trinajstić information content (AvgIpc) is 3.28. The number of non-ortho nitro benzene ring substituents is 1. The highest BCUT2D eigenvalue weighted by Crippen LogP contribution is 2.32. The molecule has 0 spiro atoms. The Kier molecular flexibility index (Phi) is 6.31. The van der Waals surface area contributed by atoms with Crippen LogP contribution in [0.4, 0.5) is 5.69 Å². The molecule has 0 atom stereocenters. The van der Waals surface area contributed by atoms with E-state index in [9.17, 15) is 19.7 Å². The van der Waals surface area contributed by atoms with Gasteiger partial charge in [0.2, 0.25) is 6.79 Å². The molecule has 1 N–H and O–H groups in total. The van der Waals surface area contributed by atoms with Gasteiger partial charge in [-0.15, -0.1) is 0 Å². The number of rotatable bonds is 6. The zero-order valence-electron chi connectivity index (χ0n) is 16.7. The quantitative estimate of drug-likeness (QED) is 0.173. The summed E-state index contributed by atoms with van der Waals surface area (Å²) in [6.07, 6.45) is 1.33. The van der Waals surface area contributed by atoms with Gasteiger partial charge in [0, 0.05) is 27.7 Å². The van der Waals surface area contributed by atoms with E-state index < -0.39 is 16.8 Å². The number of hydrazone groups is 1. The molecule has 11 heteroatoms. The number of amides is 1. The topological polar surface area (TPSA) is 129 Å². The molecule has 0 unspecified atom stereocenters. The Labute approximate surface area is 195 Å². The lowest BCUT2D eigenvalue weighted by atomic mass is 10.2. The molecule has 10 nitrogen and oxygen atoms in total. The van der Waals surface area contributed by atoms with Crippen LogP contribution >= 0.6 is 15.9 Å². The molecule has 0 aliphatic carbocycles. The first-order valence-corrected chi connectivity index (χ1v) is 10.2. The minimum atomic E-state index is -0.703. The Morgan fingerprint density at radius 2 is 1.76 bits per heavy atom. The normalized spacial score (nSPS) is 11.9. The molecule has 1 aliphatic rings. The summed E-state index contributed by atoms with van der Waals surface area (Å²) in [6.45, 7) is 0.100. The number of hydrogen-bond donors (Lipinski definition) is 1. The van der Waals surface area contributed by atoms with Crippen LogP contribution in [0.25, 0.3) is 0 Å². The van der Waals surface area contributed by atoms with E-state index in [2.05, 4.69) is 26.5 Å². The summed E-state index contributed by atoms with van der Waals surface area (Å²) >= 11 is 3.34. The van der Waals surface area contributed by atoms with Crippen molar-refractivity contribution < 1.29 is 28.7 Å². The Morgan fingerprint density at radius 3 is 2.52 bits per heavy atom. The summed E-state index contributed by atoms with van der Waals surface area (Å²) in [6, 6.07) is 14.7. The number of nitrogens with zero attached hydrogens (tertiary/aromatic N) is 2. The second-order valence-electron chi connectivity index (χ2n) is 6.64. The molecule has 1 amide bonds. The third kappa shape index (κ3) is 5.15. The molecular weight excluding hydrogens is 498 g/mol. The fraction of sp³-hybridized carbons (Fsp3) is 0.0455. The van der Waals surface area contributed by atoms with E-state index >= 15 is 0 Å². The van der Waals surface area contributed by atoms with E-state index in [-0.39, 0.29) is 23.8 Å². The number of fused-ring (bicyclic) bond motifs is 1. The maximum Gasteiger partial charge on any atom is 0.343 e. The van der Waals surface area contributed by atoms with E-state index in [1.807, 2.05) is 0 Å². The van der Waals surface area contributed by atoms with Gasteiger partial charge in [0.25, 0.3) is 11.6 Å². The number of hydrogen-bond acceptors (Lipinski definition) is 8. The Hall–Kier alpha value is -4.25. The molecule has 1 heterocycles. The lowest BCUT2D eigenvalue weighted by Crippen LogP contribution is -2.17. The maximum absolute atomic E-state index is 12.5. The van der Waals surface area contributed by atoms with Gasteiger partial charge in [-0.25, -0.2) is 10.2 Å². The first kappa shape index (κ1) is 22.0. The van der Waals surface area contributed by atoms with Crippen LogP contribution in [0.3, 0.4) is 0 Å². The van der Waals surface area contributed by atoms with Crippen LogP contribution in [0.2, 0.25) is 0 Å². The largest absolute Gasteiger partial charge is 0.454 e. The van der Waals surface area contributed by atoms with Gasteiger partial charge >= 0.3 is 5.97 Å². The number of carbonyl (C=O) groups is 2. The van der Waals surface area contributed by atoms with Crippen molar-refractivity contribution >= 4 is 39.7 Å². The highest BCUT2D eigenvalue weighted by atomic mass is 79.9. The highest BCUT2D eigenvalue weighted by Gasteiger charge is 2.16. The van der Waals surface area contributed by atoms with Crippen LogP contribution in [-0.4, -0.2) is 29.8 Å². The van der Waals surface area contributed by atoms with Crippen LogP contribution < -0.4 is 19.6 Å². The standard InChI is InChI=1S/C22H14BrN3O7/c23-16-4-8-18(33-22(28)13-1-5-17(6-2-13)26(29)30)15(9-16)11-24-25-21(27)14-3-7-19-20(10-14)32-12-31-19/h1-11H,12H2,(H,25,27). The molecule has 1 aliphatic heterocycles. The molecular formula is C22H14BrN3O7. The third-order valence-corrected chi connectivity index (χ3v) is 4.99. The summed E-state index contributed by atoms with van der Waals surface area (Å²) in [5.74, 6) is 0.0422. The van der Waals surface area contributed by atoms with Gasteiger partial charge in [-0.05, 0) is 48.5 Å². The second kappa shape index (κ2) is 9.49. The monoisotopic (exact) mass is 511 g/mol. The zero-order valence-corrected chi connectivity index (χ0v) is 18.3. The van der Waals surface area contributed by atoms with Crippen molar-refractivity contribution in [3.8, 4) is 17.2 Å². The van der Waals surface area contributed by atoms with E-state index in [0.29, 0.717) is 27.1 Å². The second-order valence-corrected chi connectivity index (χ2v) is 7.56. The van der Waals surface area contributed by atoms with Crippen molar-refractivity contribution in [3.05, 3.63) is 91.9 Å². The molecule has 33 heavy (non-hydrogen) atoms. The number of halogens is 1. The molecule has 4 rings (SSSR count). The first-order valence-electron chi connectivity index (χ1n) is 9.40. The summed E-state index contributed by atoms with van der Waals surface area (Å²) < 4.78 is 16.6. The van der Waals surface area contributed by atoms with Crippen LogP contribution in [0.15, 0.2) is 70.2 Å². The Morgan fingerprint density at radius 1 is 1.03 bits per heavy atom. The van der Waals surface area contributed by atoms with Gasteiger partial charge in [0.05, 0.1) is 16.7 Å². The van der Waals surface area contributed by atoms with E-state index in [1.54, 1.807) is 36.4 Å². The number of nitro benzene ring substituents is 1. The maximum atomic E-state index is 12.5. The fourth-order valence-electron chi connectivity index (χ4n) is 2.85. The van der Waals surface area contributed by atoms with E-state index in [4.69, 9.17) is 14.2 Å².